The van der Waals surface area contributed by atoms with Crippen LogP contribution in [-0.2, 0) is 9.53 Å². The molecule has 3 rings (SSSR count). The van der Waals surface area contributed by atoms with E-state index < -0.39 is 18.1 Å². The maximum Gasteiger partial charge on any atom is 0.471 e. The van der Waals surface area contributed by atoms with Crippen molar-refractivity contribution in [2.75, 3.05) is 25.1 Å². The van der Waals surface area contributed by atoms with E-state index >= 15 is 0 Å². The third-order valence-corrected chi connectivity index (χ3v) is 4.96. The molecule has 1 atom stereocenters. The normalized spacial score (nSPS) is 23.3. The van der Waals surface area contributed by atoms with Crippen molar-refractivity contribution in [1.82, 2.24) is 9.88 Å². The maximum atomic E-state index is 12.7. The Morgan fingerprint density at radius 2 is 2.09 bits per heavy atom. The topological polar surface area (TPSA) is 54.5 Å². The molecule has 1 N–H and O–H groups in total. The van der Waals surface area contributed by atoms with Gasteiger partial charge in [0.15, 0.2) is 5.13 Å². The van der Waals surface area contributed by atoms with Gasteiger partial charge in [-0.3, -0.25) is 4.79 Å². The summed E-state index contributed by atoms with van der Waals surface area (Å²) in [7, 11) is 0. The SMILES string of the molecule is O=C(N1CCCC1c1csc(NC2CCOCC2)n1)C(F)(F)F. The smallest absolute Gasteiger partial charge is 0.381 e. The lowest BCUT2D eigenvalue weighted by Crippen LogP contribution is -2.40. The first-order valence-electron chi connectivity index (χ1n) is 7.62. The van der Waals surface area contributed by atoms with Crippen LogP contribution in [-0.4, -0.2) is 47.8 Å². The molecule has 1 amide bonds. The highest BCUT2D eigenvalue weighted by Crippen LogP contribution is 2.36. The van der Waals surface area contributed by atoms with Crippen molar-refractivity contribution in [2.45, 2.75) is 43.9 Å². The minimum atomic E-state index is -4.83. The molecule has 0 aliphatic carbocycles. The number of hydrogen-bond donors (Lipinski definition) is 1. The van der Waals surface area contributed by atoms with Crippen molar-refractivity contribution in [1.29, 1.82) is 0 Å². The highest BCUT2D eigenvalue weighted by molar-refractivity contribution is 7.13. The summed E-state index contributed by atoms with van der Waals surface area (Å²) in [4.78, 5) is 16.8. The second-order valence-corrected chi connectivity index (χ2v) is 6.62. The average Bonchev–Trinajstić information content (AvgIpc) is 3.15. The van der Waals surface area contributed by atoms with E-state index in [2.05, 4.69) is 10.3 Å². The highest BCUT2D eigenvalue weighted by Gasteiger charge is 2.46. The predicted molar refractivity (Wildman–Crippen MR) is 79.3 cm³/mol. The first-order valence-corrected chi connectivity index (χ1v) is 8.50. The maximum absolute atomic E-state index is 12.7. The molecule has 2 aliphatic heterocycles. The third-order valence-electron chi connectivity index (χ3n) is 4.17. The zero-order chi connectivity index (χ0) is 16.4. The second-order valence-electron chi connectivity index (χ2n) is 5.76. The van der Waals surface area contributed by atoms with Gasteiger partial charge < -0.3 is 15.0 Å². The molecule has 3 heterocycles. The Kier molecular flexibility index (Phi) is 4.77. The molecule has 128 valence electrons. The van der Waals surface area contributed by atoms with E-state index in [-0.39, 0.29) is 12.6 Å². The van der Waals surface area contributed by atoms with E-state index in [4.69, 9.17) is 4.74 Å². The number of alkyl halides is 3. The zero-order valence-corrected chi connectivity index (χ0v) is 13.3. The Morgan fingerprint density at radius 3 is 2.78 bits per heavy atom. The Hall–Kier alpha value is -1.35. The number of hydrogen-bond acceptors (Lipinski definition) is 5. The summed E-state index contributed by atoms with van der Waals surface area (Å²) in [6.45, 7) is 1.53. The van der Waals surface area contributed by atoms with Crippen molar-refractivity contribution in [3.05, 3.63) is 11.1 Å². The Bertz CT molecular complexity index is 558. The molecule has 2 fully saturated rings. The number of likely N-dealkylation sites (tertiary alicyclic amines) is 1. The molecule has 5 nitrogen and oxygen atoms in total. The summed E-state index contributed by atoms with van der Waals surface area (Å²) < 4.78 is 43.3. The molecule has 23 heavy (non-hydrogen) atoms. The number of halogens is 3. The lowest BCUT2D eigenvalue weighted by molar-refractivity contribution is -0.186. The minimum absolute atomic E-state index is 0.128. The molecular formula is C14H18F3N3O2S. The van der Waals surface area contributed by atoms with E-state index in [1.807, 2.05) is 0 Å². The number of ether oxygens (including phenoxy) is 1. The van der Waals surface area contributed by atoms with E-state index in [1.54, 1.807) is 5.38 Å². The number of nitrogens with zero attached hydrogens (tertiary/aromatic N) is 2. The van der Waals surface area contributed by atoms with Crippen LogP contribution in [0.25, 0.3) is 0 Å². The van der Waals surface area contributed by atoms with E-state index in [0.29, 0.717) is 36.9 Å². The quantitative estimate of drug-likeness (QED) is 0.912. The fraction of sp³-hybridized carbons (Fsp3) is 0.714. The van der Waals surface area contributed by atoms with Gasteiger partial charge in [-0.05, 0) is 25.7 Å². The summed E-state index contributed by atoms with van der Waals surface area (Å²) in [6, 6.07) is -0.301. The fourth-order valence-corrected chi connectivity index (χ4v) is 3.84. The van der Waals surface area contributed by atoms with Crippen LogP contribution < -0.4 is 5.32 Å². The number of carbonyl (C=O) groups is 1. The van der Waals surface area contributed by atoms with Gasteiger partial charge in [-0.15, -0.1) is 11.3 Å². The number of aromatic nitrogens is 1. The first-order chi connectivity index (χ1) is 10.9. The largest absolute Gasteiger partial charge is 0.471 e. The van der Waals surface area contributed by atoms with Crippen LogP contribution >= 0.6 is 11.3 Å². The first kappa shape index (κ1) is 16.5. The van der Waals surface area contributed by atoms with Gasteiger partial charge in [-0.25, -0.2) is 4.98 Å². The van der Waals surface area contributed by atoms with Crippen molar-refractivity contribution in [3.63, 3.8) is 0 Å². The molecular weight excluding hydrogens is 331 g/mol. The molecule has 2 saturated heterocycles. The number of amides is 1. The van der Waals surface area contributed by atoms with Crippen molar-refractivity contribution in [3.8, 4) is 0 Å². The molecule has 1 unspecified atom stereocenters. The van der Waals surface area contributed by atoms with Crippen LogP contribution in [0.3, 0.4) is 0 Å². The number of rotatable bonds is 3. The monoisotopic (exact) mass is 349 g/mol. The number of carbonyl (C=O) groups excluding carboxylic acids is 1. The van der Waals surface area contributed by atoms with Gasteiger partial charge in [-0.2, -0.15) is 13.2 Å². The predicted octanol–water partition coefficient (Wildman–Crippen LogP) is 2.96. The van der Waals surface area contributed by atoms with Crippen LogP contribution in [0.1, 0.15) is 37.4 Å². The van der Waals surface area contributed by atoms with Crippen LogP contribution in [0.4, 0.5) is 18.3 Å². The molecule has 0 bridgehead atoms. The van der Waals surface area contributed by atoms with E-state index in [9.17, 15) is 18.0 Å². The molecule has 0 aromatic carbocycles. The zero-order valence-electron chi connectivity index (χ0n) is 12.4. The van der Waals surface area contributed by atoms with Crippen molar-refractivity contribution < 1.29 is 22.7 Å². The van der Waals surface area contributed by atoms with E-state index in [0.717, 1.165) is 17.7 Å². The van der Waals surface area contributed by atoms with Gasteiger partial charge in [0, 0.05) is 31.2 Å². The number of anilines is 1. The molecule has 9 heteroatoms. The van der Waals surface area contributed by atoms with E-state index in [1.165, 1.54) is 11.3 Å². The molecule has 2 aliphatic rings. The van der Waals surface area contributed by atoms with Gasteiger partial charge in [0.25, 0.3) is 0 Å². The van der Waals surface area contributed by atoms with Gasteiger partial charge in [0.2, 0.25) is 0 Å². The second kappa shape index (κ2) is 6.64. The average molecular weight is 349 g/mol. The molecule has 1 aromatic heterocycles. The fourth-order valence-electron chi connectivity index (χ4n) is 3.00. The van der Waals surface area contributed by atoms with Gasteiger partial charge >= 0.3 is 12.1 Å². The van der Waals surface area contributed by atoms with Crippen LogP contribution in [0.2, 0.25) is 0 Å². The Balaban J connectivity index is 1.67. The summed E-state index contributed by atoms with van der Waals surface area (Å²) in [6.07, 6.45) is -1.98. The summed E-state index contributed by atoms with van der Waals surface area (Å²) in [5, 5.41) is 5.74. The lowest BCUT2D eigenvalue weighted by atomic mass is 10.1. The van der Waals surface area contributed by atoms with Gasteiger partial charge in [0.1, 0.15) is 0 Å². The lowest BCUT2D eigenvalue weighted by Gasteiger charge is -2.24. The Labute approximate surface area is 135 Å². The highest BCUT2D eigenvalue weighted by atomic mass is 32.1. The van der Waals surface area contributed by atoms with Crippen LogP contribution in [0.15, 0.2) is 5.38 Å². The molecule has 1 aromatic rings. The molecule has 0 saturated carbocycles. The minimum Gasteiger partial charge on any atom is -0.381 e. The summed E-state index contributed by atoms with van der Waals surface area (Å²) in [5.74, 6) is -1.77. The summed E-state index contributed by atoms with van der Waals surface area (Å²) in [5.41, 5.74) is 0.541. The van der Waals surface area contributed by atoms with Crippen LogP contribution in [0.5, 0.6) is 0 Å². The number of nitrogens with one attached hydrogen (secondary N) is 1. The Morgan fingerprint density at radius 1 is 1.35 bits per heavy atom. The standard InChI is InChI=1S/C14H18F3N3O2S/c15-14(16,17)12(21)20-5-1-2-11(20)10-8-23-13(19-10)18-9-3-6-22-7-4-9/h8-9,11H,1-7H2,(H,18,19). The molecule has 0 radical (unpaired) electrons. The summed E-state index contributed by atoms with van der Waals surface area (Å²) >= 11 is 1.37. The van der Waals surface area contributed by atoms with Crippen molar-refractivity contribution >= 4 is 22.4 Å². The molecule has 0 spiro atoms. The van der Waals surface area contributed by atoms with Crippen LogP contribution in [0, 0.1) is 0 Å². The van der Waals surface area contributed by atoms with Gasteiger partial charge in [-0.1, -0.05) is 0 Å². The van der Waals surface area contributed by atoms with Crippen molar-refractivity contribution in [2.24, 2.45) is 0 Å². The van der Waals surface area contributed by atoms with Gasteiger partial charge in [0.05, 0.1) is 11.7 Å². The third kappa shape index (κ3) is 3.77. The number of thiazole rings is 1.